The number of piperidine rings is 1. The number of rotatable bonds is 3. The number of hydrogen-bond acceptors (Lipinski definition) is 2. The van der Waals surface area contributed by atoms with Crippen LogP contribution >= 0.6 is 0 Å². The van der Waals surface area contributed by atoms with Crippen LogP contribution in [0.1, 0.15) is 30.9 Å². The van der Waals surface area contributed by atoms with Crippen molar-refractivity contribution in [3.05, 3.63) is 35.9 Å². The Balaban J connectivity index is 2.22. The highest BCUT2D eigenvalue weighted by Gasteiger charge is 2.32. The minimum absolute atomic E-state index is 0.310. The normalized spacial score (nSPS) is 17.7. The van der Waals surface area contributed by atoms with Crippen LogP contribution in [0.4, 0.5) is 4.79 Å². The molecule has 1 atom stereocenters. The molecule has 1 aliphatic heterocycles. The van der Waals surface area contributed by atoms with Crippen LogP contribution in [0.3, 0.4) is 0 Å². The number of likely N-dealkylation sites (tertiary alicyclic amines) is 1. The highest BCUT2D eigenvalue weighted by molar-refractivity contribution is 5.96. The number of amides is 3. The number of primary amides is 1. The Morgan fingerprint density at radius 3 is 2.32 bits per heavy atom. The van der Waals surface area contributed by atoms with Gasteiger partial charge in [0.15, 0.2) is 6.04 Å². The van der Waals surface area contributed by atoms with Gasteiger partial charge in [-0.15, -0.1) is 0 Å². The van der Waals surface area contributed by atoms with E-state index in [2.05, 4.69) is 5.32 Å². The quantitative estimate of drug-likeness (QED) is 0.716. The van der Waals surface area contributed by atoms with Crippen LogP contribution in [0.2, 0.25) is 0 Å². The summed E-state index contributed by atoms with van der Waals surface area (Å²) in [5.74, 6) is -0.310. The number of imide groups is 1. The van der Waals surface area contributed by atoms with Crippen molar-refractivity contribution in [2.24, 2.45) is 5.73 Å². The summed E-state index contributed by atoms with van der Waals surface area (Å²) in [6.07, 6.45) is 3.44. The average molecular weight is 262 g/mol. The molecule has 1 aliphatic rings. The van der Waals surface area contributed by atoms with Crippen LogP contribution in [0, 0.1) is 0 Å². The van der Waals surface area contributed by atoms with Crippen molar-refractivity contribution >= 4 is 11.9 Å². The van der Waals surface area contributed by atoms with E-state index in [4.69, 9.17) is 5.73 Å². The molecule has 0 unspecified atom stereocenters. The molecule has 1 heterocycles. The van der Waals surface area contributed by atoms with Gasteiger partial charge in [-0.2, -0.15) is 0 Å². The molecule has 4 N–H and O–H groups in total. The van der Waals surface area contributed by atoms with E-state index in [9.17, 15) is 9.59 Å². The van der Waals surface area contributed by atoms with E-state index in [1.54, 1.807) is 0 Å². The highest BCUT2D eigenvalue weighted by Crippen LogP contribution is 2.11. The van der Waals surface area contributed by atoms with Crippen LogP contribution in [0.25, 0.3) is 0 Å². The zero-order valence-corrected chi connectivity index (χ0v) is 10.9. The van der Waals surface area contributed by atoms with Crippen LogP contribution in [0.5, 0.6) is 0 Å². The first-order valence-corrected chi connectivity index (χ1v) is 6.68. The van der Waals surface area contributed by atoms with E-state index in [1.807, 2.05) is 30.3 Å². The van der Waals surface area contributed by atoms with E-state index >= 15 is 0 Å². The molecule has 102 valence electrons. The maximum Gasteiger partial charge on any atom is 0.319 e. The molecule has 5 heteroatoms. The van der Waals surface area contributed by atoms with Crippen LogP contribution in [-0.2, 0) is 4.79 Å². The lowest BCUT2D eigenvalue weighted by molar-refractivity contribution is -0.926. The lowest BCUT2D eigenvalue weighted by Gasteiger charge is -2.30. The SMILES string of the molecule is NC(=O)NC(=O)[C@@H](c1ccccc1)[NH+]1CCCCC1. The molecule has 0 saturated carbocycles. The highest BCUT2D eigenvalue weighted by atomic mass is 16.2. The van der Waals surface area contributed by atoms with Gasteiger partial charge in [0, 0.05) is 5.56 Å². The topological polar surface area (TPSA) is 76.6 Å². The summed E-state index contributed by atoms with van der Waals surface area (Å²) < 4.78 is 0. The van der Waals surface area contributed by atoms with E-state index in [0.29, 0.717) is 0 Å². The third-order valence-electron chi connectivity index (χ3n) is 3.55. The van der Waals surface area contributed by atoms with Gasteiger partial charge in [-0.25, -0.2) is 4.79 Å². The number of carbonyl (C=O) groups excluding carboxylic acids is 2. The molecular formula is C14H20N3O2+. The van der Waals surface area contributed by atoms with Gasteiger partial charge < -0.3 is 10.6 Å². The van der Waals surface area contributed by atoms with Crippen molar-refractivity contribution in [3.8, 4) is 0 Å². The minimum Gasteiger partial charge on any atom is -0.351 e. The molecule has 0 radical (unpaired) electrons. The van der Waals surface area contributed by atoms with Gasteiger partial charge in [0.25, 0.3) is 5.91 Å². The second-order valence-electron chi connectivity index (χ2n) is 4.92. The smallest absolute Gasteiger partial charge is 0.319 e. The second kappa shape index (κ2) is 6.33. The second-order valence-corrected chi connectivity index (χ2v) is 4.92. The zero-order chi connectivity index (χ0) is 13.7. The molecule has 1 fully saturated rings. The third kappa shape index (κ3) is 3.54. The van der Waals surface area contributed by atoms with Crippen molar-refractivity contribution in [2.75, 3.05) is 13.1 Å². The molecule has 0 aliphatic carbocycles. The Hall–Kier alpha value is -1.88. The number of nitrogens with one attached hydrogen (secondary N) is 2. The lowest BCUT2D eigenvalue weighted by atomic mass is 10.0. The molecule has 0 spiro atoms. The Bertz CT molecular complexity index is 441. The summed E-state index contributed by atoms with van der Waals surface area (Å²) in [6, 6.07) is 8.43. The van der Waals surface area contributed by atoms with E-state index in [1.165, 1.54) is 11.3 Å². The van der Waals surface area contributed by atoms with Crippen molar-refractivity contribution in [1.29, 1.82) is 0 Å². The Morgan fingerprint density at radius 2 is 1.74 bits per heavy atom. The maximum atomic E-state index is 12.2. The van der Waals surface area contributed by atoms with Crippen molar-refractivity contribution < 1.29 is 14.5 Å². The first-order chi connectivity index (χ1) is 9.18. The van der Waals surface area contributed by atoms with Gasteiger partial charge in [0.1, 0.15) is 0 Å². The number of urea groups is 1. The third-order valence-corrected chi connectivity index (χ3v) is 3.55. The van der Waals surface area contributed by atoms with E-state index < -0.39 is 6.03 Å². The Morgan fingerprint density at radius 1 is 1.11 bits per heavy atom. The predicted octanol–water partition coefficient (Wildman–Crippen LogP) is -0.00860. The molecule has 5 nitrogen and oxygen atoms in total. The first-order valence-electron chi connectivity index (χ1n) is 6.68. The van der Waals surface area contributed by atoms with Gasteiger partial charge in [-0.05, 0) is 19.3 Å². The largest absolute Gasteiger partial charge is 0.351 e. The molecule has 19 heavy (non-hydrogen) atoms. The van der Waals surface area contributed by atoms with E-state index in [0.717, 1.165) is 31.5 Å². The Labute approximate surface area is 112 Å². The number of quaternary nitrogens is 1. The molecule has 0 bridgehead atoms. The van der Waals surface area contributed by atoms with Gasteiger partial charge in [0.2, 0.25) is 0 Å². The molecule has 1 aromatic rings. The van der Waals surface area contributed by atoms with Crippen LogP contribution in [0.15, 0.2) is 30.3 Å². The van der Waals surface area contributed by atoms with E-state index in [-0.39, 0.29) is 11.9 Å². The summed E-state index contributed by atoms with van der Waals surface area (Å²) in [5, 5.41) is 2.22. The standard InChI is InChI=1S/C14H19N3O2/c15-14(19)16-13(18)12(11-7-3-1-4-8-11)17-9-5-2-6-10-17/h1,3-4,7-8,12H,2,5-6,9-10H2,(H3,15,16,18,19)/p+1/t12-/m1/s1. The van der Waals surface area contributed by atoms with Gasteiger partial charge >= 0.3 is 6.03 Å². The van der Waals surface area contributed by atoms with Crippen LogP contribution < -0.4 is 16.0 Å². The maximum absolute atomic E-state index is 12.2. The van der Waals surface area contributed by atoms with Crippen molar-refractivity contribution in [3.63, 3.8) is 0 Å². The summed E-state index contributed by atoms with van der Waals surface area (Å²) in [5.41, 5.74) is 5.99. The fourth-order valence-electron chi connectivity index (χ4n) is 2.71. The number of nitrogens with two attached hydrogens (primary N) is 1. The molecule has 0 aromatic heterocycles. The minimum atomic E-state index is -0.789. The van der Waals surface area contributed by atoms with Crippen molar-refractivity contribution in [2.45, 2.75) is 25.3 Å². The molecule has 3 amide bonds. The number of hydrogen-bond donors (Lipinski definition) is 3. The summed E-state index contributed by atoms with van der Waals surface area (Å²) in [7, 11) is 0. The first kappa shape index (κ1) is 13.5. The zero-order valence-electron chi connectivity index (χ0n) is 10.9. The molecule has 1 aromatic carbocycles. The lowest BCUT2D eigenvalue weighted by Crippen LogP contribution is -3.14. The summed E-state index contributed by atoms with van der Waals surface area (Å²) >= 11 is 0. The monoisotopic (exact) mass is 262 g/mol. The van der Waals surface area contributed by atoms with Crippen LogP contribution in [-0.4, -0.2) is 25.0 Å². The van der Waals surface area contributed by atoms with Gasteiger partial charge in [0.05, 0.1) is 13.1 Å². The fraction of sp³-hybridized carbons (Fsp3) is 0.429. The summed E-state index contributed by atoms with van der Waals surface area (Å²) in [4.78, 5) is 24.3. The Kier molecular flexibility index (Phi) is 4.52. The number of benzene rings is 1. The number of carbonyl (C=O) groups is 2. The average Bonchev–Trinajstić information content (AvgIpc) is 2.40. The van der Waals surface area contributed by atoms with Crippen molar-refractivity contribution in [1.82, 2.24) is 5.32 Å². The molecule has 1 saturated heterocycles. The van der Waals surface area contributed by atoms with Gasteiger partial charge in [-0.1, -0.05) is 30.3 Å². The summed E-state index contributed by atoms with van der Waals surface area (Å²) in [6.45, 7) is 1.90. The predicted molar refractivity (Wildman–Crippen MR) is 71.5 cm³/mol. The molecule has 2 rings (SSSR count). The molecular weight excluding hydrogens is 242 g/mol. The fourth-order valence-corrected chi connectivity index (χ4v) is 2.71. The van der Waals surface area contributed by atoms with Gasteiger partial charge in [-0.3, -0.25) is 10.1 Å².